The molecule has 0 spiro atoms. The van der Waals surface area contributed by atoms with Crippen molar-refractivity contribution in [2.75, 3.05) is 17.2 Å². The van der Waals surface area contributed by atoms with Crippen molar-refractivity contribution in [2.45, 2.75) is 25.5 Å². The average molecular weight is 441 g/mol. The lowest BCUT2D eigenvalue weighted by Gasteiger charge is -2.09. The van der Waals surface area contributed by atoms with E-state index in [2.05, 4.69) is 31.7 Å². The summed E-state index contributed by atoms with van der Waals surface area (Å²) in [7, 11) is 0. The third-order valence-corrected chi connectivity index (χ3v) is 5.16. The van der Waals surface area contributed by atoms with Gasteiger partial charge in [0.25, 0.3) is 0 Å². The molecule has 2 aromatic carbocycles. The summed E-state index contributed by atoms with van der Waals surface area (Å²) in [5, 5.41) is 10.3. The first kappa shape index (κ1) is 18.7. The van der Waals surface area contributed by atoms with E-state index in [0.717, 1.165) is 47.4 Å². The molecule has 28 heavy (non-hydrogen) atoms. The largest absolute Gasteiger partial charge is 0.376 e. The van der Waals surface area contributed by atoms with Crippen molar-refractivity contribution in [3.63, 3.8) is 0 Å². The topological polar surface area (TPSA) is 68.2 Å². The number of aromatic nitrogens is 2. The molecule has 2 heterocycles. The van der Waals surface area contributed by atoms with Gasteiger partial charge in [-0.2, -0.15) is 5.10 Å². The molecular weight excluding hydrogens is 420 g/mol. The van der Waals surface area contributed by atoms with Crippen LogP contribution in [0, 0.1) is 0 Å². The third-order valence-electron chi connectivity index (χ3n) is 4.58. The fourth-order valence-corrected chi connectivity index (χ4v) is 3.75. The van der Waals surface area contributed by atoms with Crippen LogP contribution in [0.3, 0.4) is 0 Å². The van der Waals surface area contributed by atoms with Crippen LogP contribution in [-0.4, -0.2) is 28.5 Å². The zero-order valence-corrected chi connectivity index (χ0v) is 16.9. The van der Waals surface area contributed by atoms with E-state index in [1.165, 1.54) is 0 Å². The summed E-state index contributed by atoms with van der Waals surface area (Å²) < 4.78 is 8.55. The van der Waals surface area contributed by atoms with E-state index >= 15 is 0 Å². The quantitative estimate of drug-likeness (QED) is 0.577. The second kappa shape index (κ2) is 8.58. The number of rotatable bonds is 5. The molecule has 0 aliphatic carbocycles. The van der Waals surface area contributed by atoms with E-state index < -0.39 is 0 Å². The van der Waals surface area contributed by atoms with Crippen molar-refractivity contribution in [1.29, 1.82) is 0 Å². The smallest absolute Gasteiger partial charge is 0.323 e. The number of anilines is 2. The Morgan fingerprint density at radius 1 is 1.11 bits per heavy atom. The van der Waals surface area contributed by atoms with E-state index in [9.17, 15) is 4.79 Å². The summed E-state index contributed by atoms with van der Waals surface area (Å²) in [6.45, 7) is 1.60. The lowest BCUT2D eigenvalue weighted by molar-refractivity contribution is 0.0940. The fraction of sp³-hybridized carbons (Fsp3) is 0.238. The molecule has 2 amide bonds. The van der Waals surface area contributed by atoms with Gasteiger partial charge in [-0.25, -0.2) is 4.79 Å². The predicted molar refractivity (Wildman–Crippen MR) is 113 cm³/mol. The van der Waals surface area contributed by atoms with E-state index in [-0.39, 0.29) is 12.1 Å². The lowest BCUT2D eigenvalue weighted by atomic mass is 10.1. The van der Waals surface area contributed by atoms with Crippen LogP contribution in [0.15, 0.2) is 65.3 Å². The van der Waals surface area contributed by atoms with Gasteiger partial charge >= 0.3 is 6.03 Å². The first-order valence-electron chi connectivity index (χ1n) is 9.25. The molecule has 0 unspecified atom stereocenters. The minimum Gasteiger partial charge on any atom is -0.376 e. The number of halogens is 1. The molecule has 0 radical (unpaired) electrons. The van der Waals surface area contributed by atoms with Gasteiger partial charge in [0.05, 0.1) is 17.1 Å². The highest BCUT2D eigenvalue weighted by atomic mass is 79.9. The second-order valence-corrected chi connectivity index (χ2v) is 7.56. The number of amides is 2. The van der Waals surface area contributed by atoms with E-state index in [0.29, 0.717) is 5.69 Å². The third kappa shape index (κ3) is 4.61. The first-order chi connectivity index (χ1) is 13.7. The molecule has 1 fully saturated rings. The Labute approximate surface area is 172 Å². The van der Waals surface area contributed by atoms with Crippen LogP contribution < -0.4 is 10.6 Å². The molecule has 1 saturated heterocycles. The van der Waals surface area contributed by atoms with Gasteiger partial charge in [-0.3, -0.25) is 4.68 Å². The molecule has 0 saturated carbocycles. The minimum absolute atomic E-state index is 0.245. The van der Waals surface area contributed by atoms with Crippen molar-refractivity contribution in [3.05, 3.63) is 65.3 Å². The summed E-state index contributed by atoms with van der Waals surface area (Å²) in [5.74, 6) is 0. The van der Waals surface area contributed by atoms with Gasteiger partial charge < -0.3 is 15.4 Å². The Kier molecular flexibility index (Phi) is 5.73. The normalized spacial score (nSPS) is 16.1. The van der Waals surface area contributed by atoms with Crippen LogP contribution in [0.2, 0.25) is 0 Å². The van der Waals surface area contributed by atoms with Gasteiger partial charge in [-0.05, 0) is 53.0 Å². The molecule has 144 valence electrons. The second-order valence-electron chi connectivity index (χ2n) is 6.71. The fourth-order valence-electron chi connectivity index (χ4n) is 3.21. The average Bonchev–Trinajstić information content (AvgIpc) is 3.33. The highest BCUT2D eigenvalue weighted by molar-refractivity contribution is 9.10. The van der Waals surface area contributed by atoms with Crippen molar-refractivity contribution in [1.82, 2.24) is 9.78 Å². The highest BCUT2D eigenvalue weighted by Crippen LogP contribution is 2.28. The maximum Gasteiger partial charge on any atom is 0.323 e. The lowest BCUT2D eigenvalue weighted by Crippen LogP contribution is -2.19. The zero-order valence-electron chi connectivity index (χ0n) is 15.3. The van der Waals surface area contributed by atoms with Crippen LogP contribution in [0.5, 0.6) is 0 Å². The predicted octanol–water partition coefficient (Wildman–Crippen LogP) is 5.14. The molecule has 2 N–H and O–H groups in total. The molecule has 1 aliphatic heterocycles. The minimum atomic E-state index is -0.277. The Morgan fingerprint density at radius 2 is 1.82 bits per heavy atom. The Hall–Kier alpha value is -2.64. The molecule has 3 aromatic rings. The van der Waals surface area contributed by atoms with Gasteiger partial charge in [-0.15, -0.1) is 0 Å². The number of para-hydroxylation sites is 1. The number of benzene rings is 2. The van der Waals surface area contributed by atoms with E-state index in [4.69, 9.17) is 4.74 Å². The summed E-state index contributed by atoms with van der Waals surface area (Å²) in [6, 6.07) is 16.7. The molecule has 1 atom stereocenters. The monoisotopic (exact) mass is 440 g/mol. The number of carbonyl (C=O) groups excluding carboxylic acids is 1. The Balaban J connectivity index is 1.40. The van der Waals surface area contributed by atoms with Crippen LogP contribution >= 0.6 is 15.9 Å². The van der Waals surface area contributed by atoms with E-state index in [1.807, 2.05) is 65.5 Å². The highest BCUT2D eigenvalue weighted by Gasteiger charge is 2.18. The summed E-state index contributed by atoms with van der Waals surface area (Å²) >= 11 is 3.60. The number of hydrogen-bond acceptors (Lipinski definition) is 3. The summed E-state index contributed by atoms with van der Waals surface area (Å²) in [6.07, 6.45) is 4.43. The van der Waals surface area contributed by atoms with Gasteiger partial charge in [0.2, 0.25) is 0 Å². The van der Waals surface area contributed by atoms with Crippen LogP contribution in [-0.2, 0) is 11.3 Å². The van der Waals surface area contributed by atoms with Crippen molar-refractivity contribution in [3.8, 4) is 11.3 Å². The van der Waals surface area contributed by atoms with Gasteiger partial charge in [0, 0.05) is 29.7 Å². The zero-order chi connectivity index (χ0) is 19.3. The number of ether oxygens (including phenoxy) is 1. The van der Waals surface area contributed by atoms with Gasteiger partial charge in [0.1, 0.15) is 5.69 Å². The summed E-state index contributed by atoms with van der Waals surface area (Å²) in [4.78, 5) is 12.1. The molecular formula is C21H21BrN4O2. The van der Waals surface area contributed by atoms with Gasteiger partial charge in [0.15, 0.2) is 0 Å². The van der Waals surface area contributed by atoms with Crippen LogP contribution in [0.4, 0.5) is 16.2 Å². The van der Waals surface area contributed by atoms with E-state index in [1.54, 1.807) is 0 Å². The van der Waals surface area contributed by atoms with Crippen LogP contribution in [0.25, 0.3) is 11.3 Å². The van der Waals surface area contributed by atoms with Crippen molar-refractivity contribution in [2.24, 2.45) is 0 Å². The van der Waals surface area contributed by atoms with Crippen molar-refractivity contribution < 1.29 is 9.53 Å². The maximum absolute atomic E-state index is 12.1. The standard InChI is InChI=1S/C21H21BrN4O2/c22-19-14-26(13-18-7-4-12-28-18)25-20(19)15-8-10-17(11-9-15)24-21(27)23-16-5-2-1-3-6-16/h1-3,5-6,8-11,14,18H,4,7,12-13H2,(H2,23,24,27)/t18-/m1/s1. The SMILES string of the molecule is O=C(Nc1ccccc1)Nc1ccc(-c2nn(C[C@H]3CCCO3)cc2Br)cc1. The Morgan fingerprint density at radius 3 is 2.50 bits per heavy atom. The number of nitrogens with zero attached hydrogens (tertiary/aromatic N) is 2. The molecule has 7 heteroatoms. The molecule has 0 bridgehead atoms. The first-order valence-corrected chi connectivity index (χ1v) is 10.0. The number of urea groups is 1. The molecule has 1 aromatic heterocycles. The molecule has 6 nitrogen and oxygen atoms in total. The number of nitrogens with one attached hydrogen (secondary N) is 2. The Bertz CT molecular complexity index is 935. The molecule has 4 rings (SSSR count). The van der Waals surface area contributed by atoms with Gasteiger partial charge in [-0.1, -0.05) is 30.3 Å². The summed E-state index contributed by atoms with van der Waals surface area (Å²) in [5.41, 5.74) is 3.31. The number of carbonyl (C=O) groups is 1. The number of hydrogen-bond donors (Lipinski definition) is 2. The maximum atomic E-state index is 12.1. The van der Waals surface area contributed by atoms with Crippen LogP contribution in [0.1, 0.15) is 12.8 Å². The van der Waals surface area contributed by atoms with Crippen molar-refractivity contribution >= 4 is 33.3 Å². The molecule has 1 aliphatic rings.